The molecule has 3 amide bonds. The van der Waals surface area contributed by atoms with Crippen LogP contribution in [-0.2, 0) is 11.2 Å². The van der Waals surface area contributed by atoms with Crippen LogP contribution in [0.2, 0.25) is 0 Å². The number of urea groups is 1. The first-order valence-corrected chi connectivity index (χ1v) is 17.4. The summed E-state index contributed by atoms with van der Waals surface area (Å²) in [5, 5.41) is 27.9. The number of pyridine rings is 2. The first kappa shape index (κ1) is 36.6. The Morgan fingerprint density at radius 2 is 1.27 bits per heavy atom. The Hall–Kier alpha value is -5.71. The molecule has 14 nitrogen and oxygen atoms in total. The van der Waals surface area contributed by atoms with Crippen molar-refractivity contribution < 1.29 is 9.59 Å². The van der Waals surface area contributed by atoms with E-state index >= 15 is 0 Å². The first-order chi connectivity index (χ1) is 24.6. The maximum absolute atomic E-state index is 12.5. The van der Waals surface area contributed by atoms with Crippen molar-refractivity contribution in [3.05, 3.63) is 89.3 Å². The minimum Gasteiger partial charge on any atom is -0.352 e. The average Bonchev–Trinajstić information content (AvgIpc) is 3.16. The lowest BCUT2D eigenvalue weighted by Gasteiger charge is -2.35. The number of nitrogens with zero attached hydrogens (tertiary/aromatic N) is 11. The smallest absolute Gasteiger partial charge is 0.322 e. The molecule has 0 bridgehead atoms. The van der Waals surface area contributed by atoms with Crippen LogP contribution in [0.15, 0.2) is 60.9 Å². The summed E-state index contributed by atoms with van der Waals surface area (Å²) in [6.07, 6.45) is 3.93. The highest BCUT2D eigenvalue weighted by atomic mass is 16.2. The summed E-state index contributed by atoms with van der Waals surface area (Å²) in [4.78, 5) is 41.7. The zero-order valence-corrected chi connectivity index (χ0v) is 30.0. The average molecular weight is 691 g/mol. The first-order valence-electron chi connectivity index (χ1n) is 17.4. The maximum Gasteiger partial charge on any atom is 0.322 e. The van der Waals surface area contributed by atoms with Crippen LogP contribution in [-0.4, -0.2) is 104 Å². The van der Waals surface area contributed by atoms with E-state index in [9.17, 15) is 9.59 Å². The highest BCUT2D eigenvalue weighted by Gasteiger charge is 2.24. The fourth-order valence-electron chi connectivity index (χ4n) is 5.63. The number of nitriles is 1. The van der Waals surface area contributed by atoms with Crippen molar-refractivity contribution >= 4 is 29.3 Å². The lowest BCUT2D eigenvalue weighted by atomic mass is 10.1. The second-order valence-corrected chi connectivity index (χ2v) is 13.2. The molecule has 4 aromatic rings. The number of rotatable bonds is 7. The van der Waals surface area contributed by atoms with Gasteiger partial charge in [0.25, 0.3) is 0 Å². The van der Waals surface area contributed by atoms with E-state index in [1.807, 2.05) is 60.5 Å². The van der Waals surface area contributed by atoms with Crippen LogP contribution in [0.3, 0.4) is 0 Å². The van der Waals surface area contributed by atoms with Crippen LogP contribution < -0.4 is 15.1 Å². The summed E-state index contributed by atoms with van der Waals surface area (Å²) in [7, 11) is 0. The molecule has 0 atom stereocenters. The molecular formula is C37H46N12O2. The quantitative estimate of drug-likeness (QED) is 0.293. The zero-order chi connectivity index (χ0) is 36.3. The van der Waals surface area contributed by atoms with Crippen molar-refractivity contribution in [3.63, 3.8) is 0 Å². The van der Waals surface area contributed by atoms with Crippen molar-refractivity contribution in [2.75, 3.05) is 67.5 Å². The molecule has 2 fully saturated rings. The Labute approximate surface area is 299 Å². The molecule has 2 saturated heterocycles. The van der Waals surface area contributed by atoms with E-state index < -0.39 is 0 Å². The maximum atomic E-state index is 12.5. The van der Waals surface area contributed by atoms with Crippen LogP contribution in [0.4, 0.5) is 22.1 Å². The second-order valence-electron chi connectivity index (χ2n) is 13.2. The molecule has 0 aromatic carbocycles. The fourth-order valence-corrected chi connectivity index (χ4v) is 5.63. The number of amides is 3. The third-order valence-corrected chi connectivity index (χ3v) is 8.82. The van der Waals surface area contributed by atoms with E-state index in [1.54, 1.807) is 23.2 Å². The number of hydrogen-bond acceptors (Lipinski definition) is 11. The van der Waals surface area contributed by atoms with E-state index in [0.717, 1.165) is 47.4 Å². The number of aryl methyl sites for hydroxylation is 1. The Morgan fingerprint density at radius 1 is 0.706 bits per heavy atom. The molecule has 51 heavy (non-hydrogen) atoms. The summed E-state index contributed by atoms with van der Waals surface area (Å²) < 4.78 is 0. The summed E-state index contributed by atoms with van der Waals surface area (Å²) in [6, 6.07) is 17.0. The van der Waals surface area contributed by atoms with E-state index in [1.165, 1.54) is 0 Å². The molecule has 266 valence electrons. The van der Waals surface area contributed by atoms with Crippen molar-refractivity contribution in [2.45, 2.75) is 52.9 Å². The summed E-state index contributed by atoms with van der Waals surface area (Å²) in [5.74, 6) is 2.53. The van der Waals surface area contributed by atoms with Crippen LogP contribution in [0.25, 0.3) is 0 Å². The molecule has 0 spiro atoms. The number of piperazine rings is 2. The van der Waals surface area contributed by atoms with Crippen molar-refractivity contribution in [1.29, 1.82) is 5.26 Å². The molecule has 0 unspecified atom stereocenters. The number of aromatic nitrogens is 6. The summed E-state index contributed by atoms with van der Waals surface area (Å²) in [5.41, 5.74) is 4.93. The summed E-state index contributed by atoms with van der Waals surface area (Å²) in [6.45, 7) is 15.8. The third kappa shape index (κ3) is 10.2. The Morgan fingerprint density at radius 3 is 1.75 bits per heavy atom. The van der Waals surface area contributed by atoms with Gasteiger partial charge < -0.3 is 24.9 Å². The van der Waals surface area contributed by atoms with Gasteiger partial charge in [0, 0.05) is 69.9 Å². The topological polar surface area (TPSA) is 160 Å². The molecule has 2 aliphatic rings. The molecule has 2 aliphatic heterocycles. The van der Waals surface area contributed by atoms with Crippen molar-refractivity contribution in [3.8, 4) is 6.07 Å². The Kier molecular flexibility index (Phi) is 12.4. The molecule has 1 N–H and O–H groups in total. The number of carbonyl (C=O) groups excluding carboxylic acids is 2. The predicted molar refractivity (Wildman–Crippen MR) is 195 cm³/mol. The van der Waals surface area contributed by atoms with Gasteiger partial charge in [0.1, 0.15) is 6.07 Å². The molecular weight excluding hydrogens is 644 g/mol. The minimum atomic E-state index is -0.130. The van der Waals surface area contributed by atoms with Gasteiger partial charge in [0.05, 0.1) is 24.0 Å². The number of nitrogens with one attached hydrogen (secondary N) is 1. The molecule has 14 heteroatoms. The van der Waals surface area contributed by atoms with Crippen LogP contribution in [0.1, 0.15) is 67.9 Å². The van der Waals surface area contributed by atoms with Crippen molar-refractivity contribution in [2.24, 2.45) is 0 Å². The number of anilines is 3. The van der Waals surface area contributed by atoms with E-state index in [0.29, 0.717) is 68.9 Å². The van der Waals surface area contributed by atoms with Crippen LogP contribution in [0, 0.1) is 18.3 Å². The van der Waals surface area contributed by atoms with Gasteiger partial charge in [-0.2, -0.15) is 10.4 Å². The monoisotopic (exact) mass is 690 g/mol. The number of hydrogen-bond donors (Lipinski definition) is 1. The SMILES string of the molecule is CC(C)c1ccc(NC(=O)N2CCN(c3ccc(C#N)nn3)CC2)cn1.Cc1ccc(N2CCN(C(=O)Cc3ccc(C(C)C)nc3)CC2)nn1. The van der Waals surface area contributed by atoms with Gasteiger partial charge in [-0.1, -0.05) is 33.8 Å². The van der Waals surface area contributed by atoms with Gasteiger partial charge >= 0.3 is 6.03 Å². The van der Waals surface area contributed by atoms with Gasteiger partial charge in [-0.3, -0.25) is 14.8 Å². The molecule has 6 heterocycles. The molecule has 6 rings (SSSR count). The summed E-state index contributed by atoms with van der Waals surface area (Å²) >= 11 is 0. The van der Waals surface area contributed by atoms with Gasteiger partial charge in [-0.05, 0) is 66.8 Å². The van der Waals surface area contributed by atoms with E-state index in [4.69, 9.17) is 5.26 Å². The van der Waals surface area contributed by atoms with E-state index in [-0.39, 0.29) is 11.9 Å². The molecule has 0 saturated carbocycles. The predicted octanol–water partition coefficient (Wildman–Crippen LogP) is 4.42. The van der Waals surface area contributed by atoms with Gasteiger partial charge in [0.2, 0.25) is 5.91 Å². The molecule has 0 aliphatic carbocycles. The fraction of sp³-hybridized carbons (Fsp3) is 0.432. The van der Waals surface area contributed by atoms with Crippen LogP contribution >= 0.6 is 0 Å². The Bertz CT molecular complexity index is 1760. The van der Waals surface area contributed by atoms with E-state index in [2.05, 4.69) is 73.2 Å². The van der Waals surface area contributed by atoms with Crippen LogP contribution in [0.5, 0.6) is 0 Å². The van der Waals surface area contributed by atoms with Gasteiger partial charge in [-0.15, -0.1) is 15.3 Å². The third-order valence-electron chi connectivity index (χ3n) is 8.82. The van der Waals surface area contributed by atoms with Crippen molar-refractivity contribution in [1.82, 2.24) is 40.2 Å². The largest absolute Gasteiger partial charge is 0.352 e. The molecule has 0 radical (unpaired) electrons. The number of carbonyl (C=O) groups is 2. The lowest BCUT2D eigenvalue weighted by molar-refractivity contribution is -0.130. The Balaban J connectivity index is 0.000000198. The minimum absolute atomic E-state index is 0.130. The second kappa shape index (κ2) is 17.3. The molecule has 4 aromatic heterocycles. The zero-order valence-electron chi connectivity index (χ0n) is 30.0. The lowest BCUT2D eigenvalue weighted by Crippen LogP contribution is -2.50. The van der Waals surface area contributed by atoms with Gasteiger partial charge in [0.15, 0.2) is 17.3 Å². The normalized spacial score (nSPS) is 14.5. The highest BCUT2D eigenvalue weighted by molar-refractivity contribution is 5.89. The standard InChI is InChI=1S/C19H25N5O.C18H21N7O/c1-14(2)17-6-5-16(13-20-17)12-19(25)24-10-8-23(9-11-24)18-7-4-15(3)21-22-18;1-13(2)16-5-3-15(12-20-16)21-18(26)25-9-7-24(8-10-25)17-6-4-14(11-19)22-23-17/h4-7,13-14H,8-12H2,1-3H3;3-6,12-13H,7-10H2,1-2H3,(H,21,26). The highest BCUT2D eigenvalue weighted by Crippen LogP contribution is 2.18. The van der Waals surface area contributed by atoms with Gasteiger partial charge in [-0.25, -0.2) is 4.79 Å².